The van der Waals surface area contributed by atoms with Crippen LogP contribution in [0.15, 0.2) is 59.7 Å². The van der Waals surface area contributed by atoms with Gasteiger partial charge in [0.05, 0.1) is 22.8 Å². The summed E-state index contributed by atoms with van der Waals surface area (Å²) in [7, 11) is 1.75. The van der Waals surface area contributed by atoms with Crippen LogP contribution in [0.1, 0.15) is 26.3 Å². The smallest absolute Gasteiger partial charge is 0.255 e. The van der Waals surface area contributed by atoms with Crippen molar-refractivity contribution in [2.45, 2.75) is 6.54 Å². The molecular weight excluding hydrogens is 352 g/mol. The van der Waals surface area contributed by atoms with Crippen LogP contribution in [-0.4, -0.2) is 34.8 Å². The predicted octanol–water partition coefficient (Wildman–Crippen LogP) is 3.55. The SMILES string of the molecule is CN(Cc1ccccc1)C(=O)c1cnc2c3c(ccc2c1)C(=O)C(C#N)C=N3. The number of nitrogens with zero attached hydrogens (tertiary/aromatic N) is 4. The number of carbonyl (C=O) groups is 2. The Kier molecular flexibility index (Phi) is 4.42. The van der Waals surface area contributed by atoms with Crippen molar-refractivity contribution in [3.05, 3.63) is 71.4 Å². The number of aliphatic imine (C=N–C) groups is 1. The lowest BCUT2D eigenvalue weighted by Gasteiger charge is -2.18. The summed E-state index contributed by atoms with van der Waals surface area (Å²) < 4.78 is 0. The van der Waals surface area contributed by atoms with E-state index >= 15 is 0 Å². The Labute approximate surface area is 161 Å². The van der Waals surface area contributed by atoms with E-state index < -0.39 is 5.92 Å². The van der Waals surface area contributed by atoms with E-state index in [9.17, 15) is 9.59 Å². The Bertz CT molecular complexity index is 1160. The average molecular weight is 368 g/mol. The molecule has 0 radical (unpaired) electrons. The number of rotatable bonds is 3. The maximum Gasteiger partial charge on any atom is 0.255 e. The Morgan fingerprint density at radius 1 is 1.21 bits per heavy atom. The fraction of sp³-hybridized carbons (Fsp3) is 0.136. The molecule has 6 nitrogen and oxygen atoms in total. The molecule has 1 aliphatic rings. The van der Waals surface area contributed by atoms with E-state index in [-0.39, 0.29) is 11.7 Å². The molecule has 3 aromatic rings. The van der Waals surface area contributed by atoms with Gasteiger partial charge in [-0.25, -0.2) is 0 Å². The van der Waals surface area contributed by atoms with Crippen LogP contribution in [0.25, 0.3) is 10.9 Å². The number of benzene rings is 2. The van der Waals surface area contributed by atoms with Gasteiger partial charge in [-0.2, -0.15) is 5.26 Å². The van der Waals surface area contributed by atoms with Crippen LogP contribution >= 0.6 is 0 Å². The van der Waals surface area contributed by atoms with Crippen LogP contribution in [0.2, 0.25) is 0 Å². The average Bonchev–Trinajstić information content (AvgIpc) is 2.73. The Morgan fingerprint density at radius 3 is 2.75 bits per heavy atom. The summed E-state index contributed by atoms with van der Waals surface area (Å²) in [6, 6.07) is 16.8. The van der Waals surface area contributed by atoms with Crippen molar-refractivity contribution < 1.29 is 9.59 Å². The van der Waals surface area contributed by atoms with E-state index in [0.29, 0.717) is 28.9 Å². The number of carbonyl (C=O) groups excluding carboxylic acids is 2. The standard InChI is InChI=1S/C22H16N4O2/c1-26(13-14-5-3-2-4-6-14)22(28)16-9-15-7-8-18-20(19(15)24-11-16)25-12-17(10-23)21(18)27/h2-9,11-12,17H,13H2,1H3. The molecule has 4 rings (SSSR count). The number of pyridine rings is 1. The number of Topliss-reactive ketones (excluding diaryl/α,β-unsaturated/α-hetero) is 1. The van der Waals surface area contributed by atoms with Gasteiger partial charge in [-0.05, 0) is 17.7 Å². The second-order valence-corrected chi connectivity index (χ2v) is 6.65. The van der Waals surface area contributed by atoms with Crippen molar-refractivity contribution in [2.24, 2.45) is 10.9 Å². The Hall–Kier alpha value is -3.85. The number of ketones is 1. The number of fused-ring (bicyclic) bond motifs is 3. The largest absolute Gasteiger partial charge is 0.337 e. The number of hydrogen-bond donors (Lipinski definition) is 0. The summed E-state index contributed by atoms with van der Waals surface area (Å²) in [5.74, 6) is -1.28. The first-order valence-corrected chi connectivity index (χ1v) is 8.78. The molecule has 0 saturated heterocycles. The first-order chi connectivity index (χ1) is 13.6. The molecule has 0 saturated carbocycles. The van der Waals surface area contributed by atoms with Crippen molar-refractivity contribution in [3.63, 3.8) is 0 Å². The van der Waals surface area contributed by atoms with Gasteiger partial charge in [-0.3, -0.25) is 19.6 Å². The molecule has 6 heteroatoms. The molecule has 0 spiro atoms. The lowest BCUT2D eigenvalue weighted by atomic mass is 9.94. The number of aromatic nitrogens is 1. The zero-order valence-corrected chi connectivity index (χ0v) is 15.2. The van der Waals surface area contributed by atoms with E-state index in [1.165, 1.54) is 12.4 Å². The van der Waals surface area contributed by atoms with Crippen molar-refractivity contribution in [3.8, 4) is 6.07 Å². The monoisotopic (exact) mass is 368 g/mol. The molecule has 136 valence electrons. The van der Waals surface area contributed by atoms with Gasteiger partial charge in [-0.15, -0.1) is 0 Å². The van der Waals surface area contributed by atoms with Crippen LogP contribution in [0.5, 0.6) is 0 Å². The van der Waals surface area contributed by atoms with Gasteiger partial charge in [0.2, 0.25) is 0 Å². The van der Waals surface area contributed by atoms with Crippen LogP contribution in [0.4, 0.5) is 5.69 Å². The zero-order valence-electron chi connectivity index (χ0n) is 15.2. The molecular formula is C22H16N4O2. The lowest BCUT2D eigenvalue weighted by Crippen LogP contribution is -2.26. The van der Waals surface area contributed by atoms with Gasteiger partial charge >= 0.3 is 0 Å². The minimum Gasteiger partial charge on any atom is -0.337 e. The molecule has 1 aromatic heterocycles. The first kappa shape index (κ1) is 17.6. The normalized spacial score (nSPS) is 15.1. The van der Waals surface area contributed by atoms with Gasteiger partial charge in [-0.1, -0.05) is 36.4 Å². The molecule has 2 heterocycles. The minimum atomic E-state index is -0.863. The summed E-state index contributed by atoms with van der Waals surface area (Å²) in [5, 5.41) is 9.76. The predicted molar refractivity (Wildman–Crippen MR) is 106 cm³/mol. The van der Waals surface area contributed by atoms with Crippen LogP contribution in [0, 0.1) is 17.2 Å². The fourth-order valence-electron chi connectivity index (χ4n) is 3.26. The molecule has 0 N–H and O–H groups in total. The molecule has 28 heavy (non-hydrogen) atoms. The zero-order chi connectivity index (χ0) is 19.7. The fourth-order valence-corrected chi connectivity index (χ4v) is 3.26. The Morgan fingerprint density at radius 2 is 2.00 bits per heavy atom. The summed E-state index contributed by atoms with van der Waals surface area (Å²) in [5.41, 5.74) is 2.88. The van der Waals surface area contributed by atoms with Gasteiger partial charge < -0.3 is 4.90 Å². The van der Waals surface area contributed by atoms with E-state index in [1.807, 2.05) is 36.4 Å². The van der Waals surface area contributed by atoms with Crippen molar-refractivity contribution >= 4 is 34.5 Å². The third kappa shape index (κ3) is 3.03. The maximum absolute atomic E-state index is 12.8. The van der Waals surface area contributed by atoms with Crippen molar-refractivity contribution in [2.75, 3.05) is 7.05 Å². The van der Waals surface area contributed by atoms with Crippen molar-refractivity contribution in [1.29, 1.82) is 5.26 Å². The highest BCUT2D eigenvalue weighted by Crippen LogP contribution is 2.33. The summed E-state index contributed by atoms with van der Waals surface area (Å²) in [4.78, 5) is 35.4. The number of hydrogen-bond acceptors (Lipinski definition) is 5. The van der Waals surface area contributed by atoms with Crippen LogP contribution in [-0.2, 0) is 6.54 Å². The Balaban J connectivity index is 1.66. The molecule has 1 atom stereocenters. The second kappa shape index (κ2) is 7.05. The van der Waals surface area contributed by atoms with Gasteiger partial charge in [0.1, 0.15) is 5.92 Å². The molecule has 1 amide bonds. The van der Waals surface area contributed by atoms with Gasteiger partial charge in [0, 0.05) is 37.0 Å². The highest BCUT2D eigenvalue weighted by atomic mass is 16.2. The third-order valence-electron chi connectivity index (χ3n) is 4.72. The summed E-state index contributed by atoms with van der Waals surface area (Å²) in [6.45, 7) is 0.496. The van der Waals surface area contributed by atoms with Crippen LogP contribution < -0.4 is 0 Å². The maximum atomic E-state index is 12.8. The number of nitriles is 1. The minimum absolute atomic E-state index is 0.139. The van der Waals surface area contributed by atoms with Gasteiger partial charge in [0.15, 0.2) is 5.78 Å². The lowest BCUT2D eigenvalue weighted by molar-refractivity contribution is 0.0784. The highest BCUT2D eigenvalue weighted by molar-refractivity contribution is 6.17. The molecule has 0 aliphatic carbocycles. The molecule has 1 aliphatic heterocycles. The second-order valence-electron chi connectivity index (χ2n) is 6.65. The van der Waals surface area contributed by atoms with Crippen LogP contribution in [0.3, 0.4) is 0 Å². The van der Waals surface area contributed by atoms with E-state index in [2.05, 4.69) is 9.98 Å². The summed E-state index contributed by atoms with van der Waals surface area (Å²) >= 11 is 0. The topological polar surface area (TPSA) is 86.4 Å². The van der Waals surface area contributed by atoms with Crippen molar-refractivity contribution in [1.82, 2.24) is 9.88 Å². The number of amides is 1. The highest BCUT2D eigenvalue weighted by Gasteiger charge is 2.26. The van der Waals surface area contributed by atoms with Gasteiger partial charge in [0.25, 0.3) is 5.91 Å². The summed E-state index contributed by atoms with van der Waals surface area (Å²) in [6.07, 6.45) is 2.85. The third-order valence-corrected chi connectivity index (χ3v) is 4.72. The van der Waals surface area contributed by atoms with E-state index in [1.54, 1.807) is 30.1 Å². The van der Waals surface area contributed by atoms with E-state index in [4.69, 9.17) is 5.26 Å². The van der Waals surface area contributed by atoms with E-state index in [0.717, 1.165) is 10.9 Å². The molecule has 1 unspecified atom stereocenters. The quantitative estimate of drug-likeness (QED) is 0.707. The molecule has 0 fully saturated rings. The molecule has 0 bridgehead atoms. The first-order valence-electron chi connectivity index (χ1n) is 8.78. The molecule has 2 aromatic carbocycles.